The number of nitrogens with zero attached hydrogens (tertiary/aromatic N) is 4. The molecule has 1 aromatic rings. The van der Waals surface area contributed by atoms with Gasteiger partial charge in [-0.25, -0.2) is 0 Å². The lowest BCUT2D eigenvalue weighted by Gasteiger charge is -2.15. The average Bonchev–Trinajstić information content (AvgIpc) is 2.95. The van der Waals surface area contributed by atoms with Crippen molar-refractivity contribution in [1.82, 2.24) is 19.9 Å². The highest BCUT2D eigenvalue weighted by Crippen LogP contribution is 2.20. The minimum Gasteiger partial charge on any atom is -0.325 e. The lowest BCUT2D eigenvalue weighted by molar-refractivity contribution is 0.299. The van der Waals surface area contributed by atoms with Crippen molar-refractivity contribution in [3.8, 4) is 0 Å². The number of hydrogen-bond donors (Lipinski definition) is 1. The van der Waals surface area contributed by atoms with E-state index in [1.807, 2.05) is 10.9 Å². The summed E-state index contributed by atoms with van der Waals surface area (Å²) in [7, 11) is 0. The van der Waals surface area contributed by atoms with Gasteiger partial charge in [0.1, 0.15) is 0 Å². The van der Waals surface area contributed by atoms with Crippen molar-refractivity contribution in [3.63, 3.8) is 0 Å². The van der Waals surface area contributed by atoms with E-state index in [0.717, 1.165) is 24.7 Å². The van der Waals surface area contributed by atoms with Crippen LogP contribution in [-0.2, 0) is 13.1 Å². The van der Waals surface area contributed by atoms with Crippen molar-refractivity contribution in [1.29, 1.82) is 0 Å². The predicted molar refractivity (Wildman–Crippen MR) is 67.4 cm³/mol. The molecule has 1 atom stereocenters. The maximum Gasteiger partial charge on any atom is 0.0962 e. The van der Waals surface area contributed by atoms with E-state index in [0.29, 0.717) is 6.54 Å². The van der Waals surface area contributed by atoms with Gasteiger partial charge in [0.2, 0.25) is 0 Å². The molecule has 0 radical (unpaired) electrons. The second-order valence-electron chi connectivity index (χ2n) is 4.92. The fraction of sp³-hybridized carbons (Fsp3) is 0.833. The summed E-state index contributed by atoms with van der Waals surface area (Å²) in [5.41, 5.74) is 6.38. The van der Waals surface area contributed by atoms with E-state index in [1.165, 1.54) is 32.4 Å². The largest absolute Gasteiger partial charge is 0.325 e. The highest BCUT2D eigenvalue weighted by molar-refractivity contribution is 4.90. The molecule has 5 nitrogen and oxygen atoms in total. The van der Waals surface area contributed by atoms with E-state index in [1.54, 1.807) is 0 Å². The van der Waals surface area contributed by atoms with Gasteiger partial charge in [-0.1, -0.05) is 18.6 Å². The summed E-state index contributed by atoms with van der Waals surface area (Å²) >= 11 is 0. The topological polar surface area (TPSA) is 60.0 Å². The van der Waals surface area contributed by atoms with Gasteiger partial charge in [-0.15, -0.1) is 5.10 Å². The SMILES string of the molecule is CCCC1CCN(CCn2cc(CN)nn2)C1. The number of hydrogen-bond acceptors (Lipinski definition) is 4. The molecule has 0 amide bonds. The van der Waals surface area contributed by atoms with Crippen LogP contribution in [0, 0.1) is 5.92 Å². The Hall–Kier alpha value is -0.940. The molecule has 1 unspecified atom stereocenters. The molecule has 2 heterocycles. The summed E-state index contributed by atoms with van der Waals surface area (Å²) in [6.07, 6.45) is 5.98. The molecule has 2 rings (SSSR count). The van der Waals surface area contributed by atoms with Crippen LogP contribution in [0.2, 0.25) is 0 Å². The summed E-state index contributed by atoms with van der Waals surface area (Å²) in [5.74, 6) is 0.912. The van der Waals surface area contributed by atoms with Gasteiger partial charge < -0.3 is 10.6 Å². The summed E-state index contributed by atoms with van der Waals surface area (Å²) in [4.78, 5) is 2.53. The monoisotopic (exact) mass is 237 g/mol. The van der Waals surface area contributed by atoms with Gasteiger partial charge >= 0.3 is 0 Å². The first kappa shape index (κ1) is 12.5. The first-order valence-corrected chi connectivity index (χ1v) is 6.63. The molecule has 0 saturated carbocycles. The molecule has 0 aliphatic carbocycles. The summed E-state index contributed by atoms with van der Waals surface area (Å²) in [6.45, 7) is 7.24. The van der Waals surface area contributed by atoms with E-state index in [4.69, 9.17) is 5.73 Å². The number of rotatable bonds is 6. The van der Waals surface area contributed by atoms with Gasteiger partial charge in [0.25, 0.3) is 0 Å². The number of nitrogens with two attached hydrogens (primary N) is 1. The van der Waals surface area contributed by atoms with E-state index < -0.39 is 0 Å². The van der Waals surface area contributed by atoms with Crippen LogP contribution in [0.5, 0.6) is 0 Å². The third-order valence-electron chi connectivity index (χ3n) is 3.51. The molecule has 96 valence electrons. The maximum absolute atomic E-state index is 5.51. The van der Waals surface area contributed by atoms with Crippen molar-refractivity contribution in [2.24, 2.45) is 11.7 Å². The van der Waals surface area contributed by atoms with Gasteiger partial charge in [0.05, 0.1) is 12.2 Å². The Balaban J connectivity index is 1.72. The minimum absolute atomic E-state index is 0.474. The minimum atomic E-state index is 0.474. The van der Waals surface area contributed by atoms with Crippen molar-refractivity contribution in [2.75, 3.05) is 19.6 Å². The lowest BCUT2D eigenvalue weighted by atomic mass is 10.0. The zero-order valence-corrected chi connectivity index (χ0v) is 10.7. The van der Waals surface area contributed by atoms with Crippen LogP contribution in [-0.4, -0.2) is 39.5 Å². The number of likely N-dealkylation sites (tertiary alicyclic amines) is 1. The second kappa shape index (κ2) is 6.12. The molecular weight excluding hydrogens is 214 g/mol. The standard InChI is InChI=1S/C12H23N5/c1-2-3-11-4-5-16(9-11)6-7-17-10-12(8-13)14-15-17/h10-11H,2-9,13H2,1H3. The van der Waals surface area contributed by atoms with Crippen molar-refractivity contribution in [3.05, 3.63) is 11.9 Å². The van der Waals surface area contributed by atoms with Crippen molar-refractivity contribution < 1.29 is 0 Å². The summed E-state index contributed by atoms with van der Waals surface area (Å²) in [6, 6.07) is 0. The van der Waals surface area contributed by atoms with Crippen molar-refractivity contribution >= 4 is 0 Å². The lowest BCUT2D eigenvalue weighted by Crippen LogP contribution is -2.25. The smallest absolute Gasteiger partial charge is 0.0962 e. The van der Waals surface area contributed by atoms with Crippen LogP contribution in [0.25, 0.3) is 0 Å². The fourth-order valence-electron chi connectivity index (χ4n) is 2.55. The molecule has 5 heteroatoms. The molecule has 1 aliphatic heterocycles. The van der Waals surface area contributed by atoms with E-state index in [-0.39, 0.29) is 0 Å². The Morgan fingerprint density at radius 1 is 1.47 bits per heavy atom. The van der Waals surface area contributed by atoms with Crippen LogP contribution in [0.1, 0.15) is 31.9 Å². The van der Waals surface area contributed by atoms with Crippen LogP contribution >= 0.6 is 0 Å². The first-order valence-electron chi connectivity index (χ1n) is 6.63. The Morgan fingerprint density at radius 3 is 3.06 bits per heavy atom. The molecule has 2 N–H and O–H groups in total. The van der Waals surface area contributed by atoms with Gasteiger partial charge in [0.15, 0.2) is 0 Å². The van der Waals surface area contributed by atoms with Gasteiger partial charge in [-0.05, 0) is 25.3 Å². The molecule has 1 fully saturated rings. The fourth-order valence-corrected chi connectivity index (χ4v) is 2.55. The van der Waals surface area contributed by atoms with Gasteiger partial charge in [-0.3, -0.25) is 4.68 Å². The molecular formula is C12H23N5. The molecule has 1 aliphatic rings. The molecule has 1 saturated heterocycles. The predicted octanol–water partition coefficient (Wildman–Crippen LogP) is 0.859. The van der Waals surface area contributed by atoms with E-state index >= 15 is 0 Å². The molecule has 0 bridgehead atoms. The quantitative estimate of drug-likeness (QED) is 0.797. The van der Waals surface area contributed by atoms with Crippen LogP contribution in [0.3, 0.4) is 0 Å². The second-order valence-corrected chi connectivity index (χ2v) is 4.92. The Kier molecular flexibility index (Phi) is 4.50. The highest BCUT2D eigenvalue weighted by atomic mass is 15.4. The van der Waals surface area contributed by atoms with Crippen LogP contribution in [0.15, 0.2) is 6.20 Å². The van der Waals surface area contributed by atoms with Crippen LogP contribution < -0.4 is 5.73 Å². The zero-order chi connectivity index (χ0) is 12.1. The Bertz CT molecular complexity index is 335. The molecule has 0 spiro atoms. The Morgan fingerprint density at radius 2 is 2.35 bits per heavy atom. The Labute approximate surface area is 103 Å². The van der Waals surface area contributed by atoms with Gasteiger partial charge in [0, 0.05) is 25.8 Å². The third-order valence-corrected chi connectivity index (χ3v) is 3.51. The first-order chi connectivity index (χ1) is 8.31. The third kappa shape index (κ3) is 3.51. The zero-order valence-electron chi connectivity index (χ0n) is 10.7. The molecule has 1 aromatic heterocycles. The van der Waals surface area contributed by atoms with Gasteiger partial charge in [-0.2, -0.15) is 0 Å². The molecule has 17 heavy (non-hydrogen) atoms. The average molecular weight is 237 g/mol. The molecule has 0 aromatic carbocycles. The van der Waals surface area contributed by atoms with E-state index in [2.05, 4.69) is 22.1 Å². The number of aromatic nitrogens is 3. The normalized spacial score (nSPS) is 21.2. The van der Waals surface area contributed by atoms with Crippen molar-refractivity contribution in [2.45, 2.75) is 39.3 Å². The maximum atomic E-state index is 5.51. The summed E-state index contributed by atoms with van der Waals surface area (Å²) < 4.78 is 1.90. The highest BCUT2D eigenvalue weighted by Gasteiger charge is 2.21. The summed E-state index contributed by atoms with van der Waals surface area (Å²) in [5, 5.41) is 8.06. The van der Waals surface area contributed by atoms with Crippen LogP contribution in [0.4, 0.5) is 0 Å². The van der Waals surface area contributed by atoms with E-state index in [9.17, 15) is 0 Å².